The van der Waals surface area contributed by atoms with E-state index in [9.17, 15) is 10.1 Å². The van der Waals surface area contributed by atoms with E-state index < -0.39 is 0 Å². The fraction of sp³-hybridized carbons (Fsp3) is 0.167. The first-order chi connectivity index (χ1) is 14.1. The van der Waals surface area contributed by atoms with Crippen LogP contribution in [0.2, 0.25) is 0 Å². The molecular weight excluding hydrogens is 366 g/mol. The number of methoxy groups -OCH3 is 2. The zero-order chi connectivity index (χ0) is 20.6. The van der Waals surface area contributed by atoms with Gasteiger partial charge in [-0.1, -0.05) is 48.5 Å². The highest BCUT2D eigenvalue weighted by Crippen LogP contribution is 2.26. The van der Waals surface area contributed by atoms with E-state index in [1.807, 2.05) is 42.5 Å². The van der Waals surface area contributed by atoms with Gasteiger partial charge in [-0.15, -0.1) is 0 Å². The third-order valence-corrected chi connectivity index (χ3v) is 4.54. The van der Waals surface area contributed by atoms with Gasteiger partial charge >= 0.3 is 5.97 Å². The van der Waals surface area contributed by atoms with Gasteiger partial charge in [0.15, 0.2) is 0 Å². The highest BCUT2D eigenvalue weighted by Gasteiger charge is 2.12. The van der Waals surface area contributed by atoms with Crippen LogP contribution in [-0.2, 0) is 22.6 Å². The number of hydrogen-bond acceptors (Lipinski definition) is 5. The molecule has 29 heavy (non-hydrogen) atoms. The summed E-state index contributed by atoms with van der Waals surface area (Å²) in [6.45, 7) is 0.178. The molecular formula is C24H21NO4. The summed E-state index contributed by atoms with van der Waals surface area (Å²) >= 11 is 0. The zero-order valence-electron chi connectivity index (χ0n) is 16.3. The van der Waals surface area contributed by atoms with Crippen LogP contribution >= 0.6 is 0 Å². The van der Waals surface area contributed by atoms with E-state index in [0.29, 0.717) is 17.1 Å². The van der Waals surface area contributed by atoms with E-state index in [2.05, 4.69) is 6.07 Å². The molecule has 5 heteroatoms. The van der Waals surface area contributed by atoms with Gasteiger partial charge in [-0.2, -0.15) is 5.26 Å². The fourth-order valence-corrected chi connectivity index (χ4v) is 2.98. The first kappa shape index (κ1) is 20.0. The van der Waals surface area contributed by atoms with Crippen LogP contribution in [0.15, 0.2) is 66.7 Å². The van der Waals surface area contributed by atoms with Gasteiger partial charge in [0.1, 0.15) is 18.1 Å². The van der Waals surface area contributed by atoms with Gasteiger partial charge in [0.05, 0.1) is 32.3 Å². The van der Waals surface area contributed by atoms with Crippen LogP contribution in [0.25, 0.3) is 11.1 Å². The third-order valence-electron chi connectivity index (χ3n) is 4.54. The molecule has 146 valence electrons. The number of nitrogens with zero attached hydrogens (tertiary/aromatic N) is 1. The van der Waals surface area contributed by atoms with Crippen LogP contribution in [0.1, 0.15) is 16.7 Å². The van der Waals surface area contributed by atoms with Crippen LogP contribution in [0.3, 0.4) is 0 Å². The van der Waals surface area contributed by atoms with Gasteiger partial charge in [-0.25, -0.2) is 0 Å². The smallest absolute Gasteiger partial charge is 0.310 e. The molecule has 0 amide bonds. The number of esters is 1. The Bertz CT molecular complexity index is 1040. The fourth-order valence-electron chi connectivity index (χ4n) is 2.98. The average Bonchev–Trinajstić information content (AvgIpc) is 2.78. The molecule has 0 fully saturated rings. The van der Waals surface area contributed by atoms with Crippen molar-refractivity contribution in [3.63, 3.8) is 0 Å². The lowest BCUT2D eigenvalue weighted by Crippen LogP contribution is -2.09. The minimum Gasteiger partial charge on any atom is -0.497 e. The Hall–Kier alpha value is -3.78. The minimum absolute atomic E-state index is 0.112. The van der Waals surface area contributed by atoms with Crippen molar-refractivity contribution in [2.45, 2.75) is 13.0 Å². The Morgan fingerprint density at radius 2 is 1.72 bits per heavy atom. The quantitative estimate of drug-likeness (QED) is 0.557. The Morgan fingerprint density at radius 1 is 0.966 bits per heavy atom. The van der Waals surface area contributed by atoms with E-state index in [1.54, 1.807) is 38.5 Å². The Labute approximate surface area is 170 Å². The van der Waals surface area contributed by atoms with Crippen LogP contribution in [0.5, 0.6) is 11.5 Å². The van der Waals surface area contributed by atoms with Crippen LogP contribution in [-0.4, -0.2) is 20.2 Å². The summed E-state index contributed by atoms with van der Waals surface area (Å²) in [5, 5.41) is 9.24. The lowest BCUT2D eigenvalue weighted by Gasteiger charge is -2.11. The van der Waals surface area contributed by atoms with E-state index in [1.165, 1.54) is 0 Å². The second kappa shape index (κ2) is 9.43. The van der Waals surface area contributed by atoms with Crippen LogP contribution < -0.4 is 9.47 Å². The number of benzene rings is 3. The number of nitriles is 1. The molecule has 0 aliphatic carbocycles. The predicted molar refractivity (Wildman–Crippen MR) is 110 cm³/mol. The van der Waals surface area contributed by atoms with Crippen molar-refractivity contribution in [3.05, 3.63) is 83.4 Å². The van der Waals surface area contributed by atoms with E-state index in [4.69, 9.17) is 14.2 Å². The van der Waals surface area contributed by atoms with Crippen molar-refractivity contribution in [1.82, 2.24) is 0 Å². The molecule has 0 spiro atoms. The molecule has 0 aliphatic heterocycles. The molecule has 0 unspecified atom stereocenters. The van der Waals surface area contributed by atoms with Gasteiger partial charge < -0.3 is 14.2 Å². The summed E-state index contributed by atoms with van der Waals surface area (Å²) in [4.78, 5) is 12.2. The number of ether oxygens (including phenoxy) is 3. The molecule has 5 nitrogen and oxygen atoms in total. The van der Waals surface area contributed by atoms with Crippen LogP contribution in [0.4, 0.5) is 0 Å². The summed E-state index contributed by atoms with van der Waals surface area (Å²) in [5.74, 6) is 0.909. The Balaban J connectivity index is 1.62. The monoisotopic (exact) mass is 387 g/mol. The Kier molecular flexibility index (Phi) is 6.49. The van der Waals surface area contributed by atoms with Crippen molar-refractivity contribution in [2.75, 3.05) is 14.2 Å². The van der Waals surface area contributed by atoms with Crippen LogP contribution in [0, 0.1) is 11.3 Å². The highest BCUT2D eigenvalue weighted by molar-refractivity contribution is 5.74. The average molecular weight is 387 g/mol. The first-order valence-corrected chi connectivity index (χ1v) is 9.09. The lowest BCUT2D eigenvalue weighted by molar-refractivity contribution is -0.144. The molecule has 3 aromatic rings. The van der Waals surface area contributed by atoms with Crippen molar-refractivity contribution < 1.29 is 19.0 Å². The first-order valence-electron chi connectivity index (χ1n) is 9.09. The molecule has 0 heterocycles. The van der Waals surface area contributed by atoms with E-state index in [-0.39, 0.29) is 19.0 Å². The molecule has 0 radical (unpaired) electrons. The molecule has 0 saturated carbocycles. The normalized spacial score (nSPS) is 10.1. The summed E-state index contributed by atoms with van der Waals surface area (Å²) < 4.78 is 15.9. The van der Waals surface area contributed by atoms with Gasteiger partial charge in [0.25, 0.3) is 0 Å². The number of hydrogen-bond donors (Lipinski definition) is 0. The highest BCUT2D eigenvalue weighted by atomic mass is 16.5. The number of carbonyl (C=O) groups excluding carboxylic acids is 1. The topological polar surface area (TPSA) is 68.5 Å². The molecule has 0 N–H and O–H groups in total. The molecule has 0 atom stereocenters. The second-order valence-corrected chi connectivity index (χ2v) is 6.37. The molecule has 3 aromatic carbocycles. The van der Waals surface area contributed by atoms with Gasteiger partial charge in [-0.05, 0) is 28.8 Å². The number of carbonyl (C=O) groups is 1. The van der Waals surface area contributed by atoms with Crippen molar-refractivity contribution >= 4 is 5.97 Å². The molecule has 0 saturated heterocycles. The van der Waals surface area contributed by atoms with Crippen molar-refractivity contribution in [1.29, 1.82) is 5.26 Å². The van der Waals surface area contributed by atoms with Crippen molar-refractivity contribution in [3.8, 4) is 28.7 Å². The minimum atomic E-state index is -0.340. The summed E-state index contributed by atoms with van der Waals surface area (Å²) in [6.07, 6.45) is 0.112. The molecule has 0 bridgehead atoms. The largest absolute Gasteiger partial charge is 0.497 e. The SMILES string of the molecule is COc1ccc(CC(=O)OCc2ccc(-c3ccccc3C#N)cc2)c(OC)c1. The summed E-state index contributed by atoms with van der Waals surface area (Å²) in [6, 6.07) is 22.6. The van der Waals surface area contributed by atoms with Crippen molar-refractivity contribution in [2.24, 2.45) is 0 Å². The Morgan fingerprint density at radius 3 is 2.41 bits per heavy atom. The standard InChI is InChI=1S/C24H21NO4/c1-27-21-12-11-19(23(14-21)28-2)13-24(26)29-16-17-7-9-18(10-8-17)22-6-4-3-5-20(22)15-25/h3-12,14H,13,16H2,1-2H3. The predicted octanol–water partition coefficient (Wildman–Crippen LogP) is 4.53. The van der Waals surface area contributed by atoms with Gasteiger partial charge in [0.2, 0.25) is 0 Å². The molecule has 3 rings (SSSR count). The lowest BCUT2D eigenvalue weighted by atomic mass is 9.99. The van der Waals surface area contributed by atoms with Gasteiger partial charge in [-0.3, -0.25) is 4.79 Å². The third kappa shape index (κ3) is 4.94. The maximum Gasteiger partial charge on any atom is 0.310 e. The van der Waals surface area contributed by atoms with E-state index >= 15 is 0 Å². The maximum absolute atomic E-state index is 12.2. The van der Waals surface area contributed by atoms with Gasteiger partial charge in [0, 0.05) is 11.6 Å². The molecule has 0 aliphatic rings. The zero-order valence-corrected chi connectivity index (χ0v) is 16.3. The maximum atomic E-state index is 12.2. The molecule has 0 aromatic heterocycles. The second-order valence-electron chi connectivity index (χ2n) is 6.37. The number of rotatable bonds is 7. The van der Waals surface area contributed by atoms with E-state index in [0.717, 1.165) is 22.3 Å². The summed E-state index contributed by atoms with van der Waals surface area (Å²) in [5.41, 5.74) is 4.06. The summed E-state index contributed by atoms with van der Waals surface area (Å²) in [7, 11) is 3.13.